The van der Waals surface area contributed by atoms with Crippen molar-refractivity contribution in [1.82, 2.24) is 14.9 Å². The number of amides is 2. The van der Waals surface area contributed by atoms with Crippen LogP contribution in [0.2, 0.25) is 0 Å². The summed E-state index contributed by atoms with van der Waals surface area (Å²) in [6.45, 7) is 1.33. The maximum absolute atomic E-state index is 12.3. The maximum atomic E-state index is 12.3. The third kappa shape index (κ3) is 3.90. The Hall–Kier alpha value is -2.87. The van der Waals surface area contributed by atoms with Gasteiger partial charge < -0.3 is 19.6 Å². The number of rotatable bonds is 7. The molecule has 0 fully saturated rings. The number of hydrogen-bond acceptors (Lipinski definition) is 5. The predicted molar refractivity (Wildman–Crippen MR) is 90.2 cm³/mol. The van der Waals surface area contributed by atoms with Gasteiger partial charge in [0.15, 0.2) is 0 Å². The lowest BCUT2D eigenvalue weighted by Crippen LogP contribution is -2.25. The smallest absolute Gasteiger partial charge is 0.263 e. The Morgan fingerprint density at radius 1 is 1.29 bits per heavy atom. The number of aryl methyl sites for hydroxylation is 1. The summed E-state index contributed by atoms with van der Waals surface area (Å²) >= 11 is 1.29. The van der Waals surface area contributed by atoms with E-state index in [1.54, 1.807) is 30.0 Å². The second-order valence-corrected chi connectivity index (χ2v) is 5.96. The van der Waals surface area contributed by atoms with Gasteiger partial charge in [0.05, 0.1) is 23.8 Å². The SMILES string of the molecule is O=C(Nc1ccsc1C(=O)NCCCn1ccnc1)c1ccoc1. The molecule has 24 heavy (non-hydrogen) atoms. The second-order valence-electron chi connectivity index (χ2n) is 5.04. The summed E-state index contributed by atoms with van der Waals surface area (Å²) in [4.78, 5) is 28.7. The van der Waals surface area contributed by atoms with E-state index in [4.69, 9.17) is 4.42 Å². The van der Waals surface area contributed by atoms with Gasteiger partial charge in [-0.25, -0.2) is 4.98 Å². The molecular formula is C16H16N4O3S. The molecule has 7 nitrogen and oxygen atoms in total. The van der Waals surface area contributed by atoms with Crippen molar-refractivity contribution in [3.05, 3.63) is 59.2 Å². The fourth-order valence-corrected chi connectivity index (χ4v) is 2.90. The lowest BCUT2D eigenvalue weighted by Gasteiger charge is -2.07. The van der Waals surface area contributed by atoms with Crippen LogP contribution in [-0.4, -0.2) is 27.9 Å². The summed E-state index contributed by atoms with van der Waals surface area (Å²) in [5.74, 6) is -0.505. The molecule has 2 N–H and O–H groups in total. The van der Waals surface area contributed by atoms with Gasteiger partial charge in [-0.3, -0.25) is 9.59 Å². The minimum absolute atomic E-state index is 0.196. The molecule has 0 spiro atoms. The van der Waals surface area contributed by atoms with E-state index in [9.17, 15) is 9.59 Å². The number of thiophene rings is 1. The van der Waals surface area contributed by atoms with E-state index in [0.717, 1.165) is 13.0 Å². The highest BCUT2D eigenvalue weighted by Crippen LogP contribution is 2.23. The zero-order chi connectivity index (χ0) is 16.8. The van der Waals surface area contributed by atoms with Gasteiger partial charge in [0.2, 0.25) is 0 Å². The van der Waals surface area contributed by atoms with E-state index in [2.05, 4.69) is 15.6 Å². The summed E-state index contributed by atoms with van der Waals surface area (Å²) in [5.41, 5.74) is 0.909. The van der Waals surface area contributed by atoms with Crippen LogP contribution in [0, 0.1) is 0 Å². The van der Waals surface area contributed by atoms with E-state index in [-0.39, 0.29) is 11.8 Å². The van der Waals surface area contributed by atoms with Gasteiger partial charge in [0.25, 0.3) is 11.8 Å². The van der Waals surface area contributed by atoms with Gasteiger partial charge in [0.1, 0.15) is 11.1 Å². The van der Waals surface area contributed by atoms with Crippen molar-refractivity contribution in [3.63, 3.8) is 0 Å². The number of hydrogen-bond donors (Lipinski definition) is 2. The van der Waals surface area contributed by atoms with E-state index >= 15 is 0 Å². The van der Waals surface area contributed by atoms with Crippen LogP contribution in [0.4, 0.5) is 5.69 Å². The van der Waals surface area contributed by atoms with Crippen LogP contribution in [-0.2, 0) is 6.54 Å². The molecule has 3 heterocycles. The average Bonchev–Trinajstić information content (AvgIpc) is 3.32. The Morgan fingerprint density at radius 3 is 2.96 bits per heavy atom. The normalized spacial score (nSPS) is 10.5. The van der Waals surface area contributed by atoms with Crippen LogP contribution in [0.15, 0.2) is 53.2 Å². The molecule has 2 amide bonds. The Bertz CT molecular complexity index is 793. The van der Waals surface area contributed by atoms with Crippen molar-refractivity contribution in [1.29, 1.82) is 0 Å². The molecule has 0 aromatic carbocycles. The van der Waals surface area contributed by atoms with Gasteiger partial charge >= 0.3 is 0 Å². The van der Waals surface area contributed by atoms with E-state index in [1.807, 2.05) is 10.8 Å². The summed E-state index contributed by atoms with van der Waals surface area (Å²) in [6.07, 6.45) is 8.92. The van der Waals surface area contributed by atoms with Gasteiger partial charge in [-0.1, -0.05) is 0 Å². The quantitative estimate of drug-likeness (QED) is 0.645. The number of nitrogens with zero attached hydrogens (tertiary/aromatic N) is 2. The largest absolute Gasteiger partial charge is 0.472 e. The highest BCUT2D eigenvalue weighted by atomic mass is 32.1. The molecule has 0 aliphatic carbocycles. The third-order valence-electron chi connectivity index (χ3n) is 3.34. The Kier molecular flexibility index (Phi) is 5.07. The number of anilines is 1. The van der Waals surface area contributed by atoms with E-state index in [0.29, 0.717) is 22.7 Å². The highest BCUT2D eigenvalue weighted by molar-refractivity contribution is 7.12. The highest BCUT2D eigenvalue weighted by Gasteiger charge is 2.16. The third-order valence-corrected chi connectivity index (χ3v) is 4.25. The fraction of sp³-hybridized carbons (Fsp3) is 0.188. The van der Waals surface area contributed by atoms with Crippen molar-refractivity contribution in [3.8, 4) is 0 Å². The molecular weight excluding hydrogens is 328 g/mol. The molecule has 3 aromatic heterocycles. The van der Waals surface area contributed by atoms with Gasteiger partial charge in [-0.15, -0.1) is 11.3 Å². The standard InChI is InChI=1S/C16H16N4O3S/c21-15(12-2-8-23-10-12)19-13-3-9-24-14(13)16(22)18-4-1-6-20-7-5-17-11-20/h2-3,5,7-11H,1,4,6H2,(H,18,22)(H,19,21). The van der Waals surface area contributed by atoms with Crippen molar-refractivity contribution < 1.29 is 14.0 Å². The fourth-order valence-electron chi connectivity index (χ4n) is 2.13. The first-order valence-electron chi connectivity index (χ1n) is 7.39. The zero-order valence-corrected chi connectivity index (χ0v) is 13.6. The Balaban J connectivity index is 1.52. The van der Waals surface area contributed by atoms with Gasteiger partial charge in [-0.2, -0.15) is 0 Å². The number of imidazole rings is 1. The number of aromatic nitrogens is 2. The first kappa shape index (κ1) is 16.0. The molecule has 0 bridgehead atoms. The van der Waals surface area contributed by atoms with Crippen LogP contribution in [0.3, 0.4) is 0 Å². The number of carbonyl (C=O) groups is 2. The summed E-state index contributed by atoms with van der Waals surface area (Å²) in [5, 5.41) is 7.36. The molecule has 0 unspecified atom stereocenters. The van der Waals surface area contributed by atoms with Crippen LogP contribution >= 0.6 is 11.3 Å². The maximum Gasteiger partial charge on any atom is 0.263 e. The minimum atomic E-state index is -0.309. The van der Waals surface area contributed by atoms with E-state index in [1.165, 1.54) is 23.9 Å². The molecule has 0 saturated heterocycles. The lowest BCUT2D eigenvalue weighted by atomic mass is 10.3. The Morgan fingerprint density at radius 2 is 2.21 bits per heavy atom. The summed E-state index contributed by atoms with van der Waals surface area (Å²) in [7, 11) is 0. The van der Waals surface area contributed by atoms with Crippen molar-refractivity contribution >= 4 is 28.8 Å². The van der Waals surface area contributed by atoms with Crippen LogP contribution in [0.25, 0.3) is 0 Å². The summed E-state index contributed by atoms with van der Waals surface area (Å²) < 4.78 is 6.84. The second kappa shape index (κ2) is 7.60. The lowest BCUT2D eigenvalue weighted by molar-refractivity contribution is 0.0957. The molecule has 0 saturated carbocycles. The molecule has 3 rings (SSSR count). The van der Waals surface area contributed by atoms with Crippen molar-refractivity contribution in [2.45, 2.75) is 13.0 Å². The molecule has 0 atom stereocenters. The zero-order valence-electron chi connectivity index (χ0n) is 12.8. The van der Waals surface area contributed by atoms with E-state index < -0.39 is 0 Å². The molecule has 0 radical (unpaired) electrons. The predicted octanol–water partition coefficient (Wildman–Crippen LogP) is 2.61. The van der Waals surface area contributed by atoms with Crippen molar-refractivity contribution in [2.75, 3.05) is 11.9 Å². The van der Waals surface area contributed by atoms with Gasteiger partial charge in [-0.05, 0) is 23.9 Å². The molecule has 0 aliphatic heterocycles. The Labute approximate surface area is 142 Å². The minimum Gasteiger partial charge on any atom is -0.472 e. The molecule has 3 aromatic rings. The average molecular weight is 344 g/mol. The van der Waals surface area contributed by atoms with Crippen LogP contribution in [0.5, 0.6) is 0 Å². The number of carbonyl (C=O) groups excluding carboxylic acids is 2. The summed E-state index contributed by atoms with van der Waals surface area (Å²) in [6, 6.07) is 3.28. The molecule has 0 aliphatic rings. The number of furan rings is 1. The number of nitrogens with one attached hydrogen (secondary N) is 2. The first-order valence-corrected chi connectivity index (χ1v) is 8.27. The van der Waals surface area contributed by atoms with Crippen molar-refractivity contribution in [2.24, 2.45) is 0 Å². The van der Waals surface area contributed by atoms with Crippen LogP contribution in [0.1, 0.15) is 26.5 Å². The van der Waals surface area contributed by atoms with Crippen LogP contribution < -0.4 is 10.6 Å². The first-order chi connectivity index (χ1) is 11.7. The molecule has 8 heteroatoms. The monoisotopic (exact) mass is 344 g/mol. The van der Waals surface area contributed by atoms with Gasteiger partial charge in [0, 0.05) is 25.5 Å². The molecule has 124 valence electrons. The topological polar surface area (TPSA) is 89.2 Å².